The van der Waals surface area contributed by atoms with E-state index in [0.717, 1.165) is 12.2 Å². The minimum absolute atomic E-state index is 0.144. The highest BCUT2D eigenvalue weighted by atomic mass is 19.1. The second-order valence-electron chi connectivity index (χ2n) is 4.69. The molecular formula is C13H16FNO. The molecule has 0 spiro atoms. The molecule has 0 N–H and O–H groups in total. The molecule has 1 aliphatic rings. The lowest BCUT2D eigenvalue weighted by atomic mass is 9.95. The molecule has 1 fully saturated rings. The van der Waals surface area contributed by atoms with Crippen LogP contribution in [0.5, 0.6) is 0 Å². The molecule has 1 heterocycles. The molecule has 1 atom stereocenters. The Balaban J connectivity index is 2.16. The predicted molar refractivity (Wildman–Crippen MR) is 61.7 cm³/mol. The Hall–Kier alpha value is -1.38. The van der Waals surface area contributed by atoms with E-state index in [1.54, 1.807) is 17.0 Å². The van der Waals surface area contributed by atoms with Crippen LogP contribution >= 0.6 is 0 Å². The molecule has 1 aromatic carbocycles. The lowest BCUT2D eigenvalue weighted by molar-refractivity contribution is -0.117. The van der Waals surface area contributed by atoms with E-state index in [0.29, 0.717) is 18.3 Å². The first-order chi connectivity index (χ1) is 7.58. The molecule has 1 aliphatic heterocycles. The lowest BCUT2D eigenvalue weighted by Crippen LogP contribution is -2.24. The van der Waals surface area contributed by atoms with Crippen molar-refractivity contribution in [1.82, 2.24) is 0 Å². The van der Waals surface area contributed by atoms with Gasteiger partial charge in [0.05, 0.1) is 0 Å². The van der Waals surface area contributed by atoms with Crippen LogP contribution in [0.25, 0.3) is 0 Å². The third kappa shape index (κ3) is 2.08. The molecule has 0 aromatic heterocycles. The summed E-state index contributed by atoms with van der Waals surface area (Å²) in [5.41, 5.74) is 0.801. The van der Waals surface area contributed by atoms with Gasteiger partial charge in [0.25, 0.3) is 0 Å². The third-order valence-electron chi connectivity index (χ3n) is 3.24. The standard InChI is InChI=1S/C13H16FNO/c1-9(2)10-7-13(16)15(8-10)12-5-3-11(14)4-6-12/h3-6,9-10H,7-8H2,1-2H3. The van der Waals surface area contributed by atoms with Gasteiger partial charge in [-0.05, 0) is 36.1 Å². The Morgan fingerprint density at radius 3 is 2.44 bits per heavy atom. The minimum Gasteiger partial charge on any atom is -0.312 e. The smallest absolute Gasteiger partial charge is 0.227 e. The number of nitrogens with zero attached hydrogens (tertiary/aromatic N) is 1. The highest BCUT2D eigenvalue weighted by Crippen LogP contribution is 2.29. The molecule has 0 bridgehead atoms. The molecule has 1 aromatic rings. The summed E-state index contributed by atoms with van der Waals surface area (Å²) in [7, 11) is 0. The van der Waals surface area contributed by atoms with Gasteiger partial charge >= 0.3 is 0 Å². The average Bonchev–Trinajstić information content (AvgIpc) is 2.62. The van der Waals surface area contributed by atoms with E-state index in [-0.39, 0.29) is 11.7 Å². The van der Waals surface area contributed by atoms with Crippen molar-refractivity contribution in [1.29, 1.82) is 0 Å². The summed E-state index contributed by atoms with van der Waals surface area (Å²) in [6.45, 7) is 5.01. The van der Waals surface area contributed by atoms with Gasteiger partial charge in [-0.15, -0.1) is 0 Å². The van der Waals surface area contributed by atoms with Crippen molar-refractivity contribution in [2.45, 2.75) is 20.3 Å². The summed E-state index contributed by atoms with van der Waals surface area (Å²) in [6.07, 6.45) is 0.606. The summed E-state index contributed by atoms with van der Waals surface area (Å²) in [4.78, 5) is 13.6. The van der Waals surface area contributed by atoms with E-state index >= 15 is 0 Å². The van der Waals surface area contributed by atoms with Crippen LogP contribution in [0.2, 0.25) is 0 Å². The van der Waals surface area contributed by atoms with Gasteiger partial charge in [0.1, 0.15) is 5.82 Å². The van der Waals surface area contributed by atoms with Crippen molar-refractivity contribution in [2.75, 3.05) is 11.4 Å². The highest BCUT2D eigenvalue weighted by molar-refractivity contribution is 5.95. The van der Waals surface area contributed by atoms with Crippen molar-refractivity contribution in [3.8, 4) is 0 Å². The van der Waals surface area contributed by atoms with Gasteiger partial charge in [-0.2, -0.15) is 0 Å². The zero-order chi connectivity index (χ0) is 11.7. The topological polar surface area (TPSA) is 20.3 Å². The van der Waals surface area contributed by atoms with Gasteiger partial charge in [0, 0.05) is 18.7 Å². The van der Waals surface area contributed by atoms with Crippen LogP contribution in [0.3, 0.4) is 0 Å². The Morgan fingerprint density at radius 2 is 1.94 bits per heavy atom. The van der Waals surface area contributed by atoms with E-state index in [9.17, 15) is 9.18 Å². The number of hydrogen-bond donors (Lipinski definition) is 0. The Kier molecular flexibility index (Phi) is 2.95. The van der Waals surface area contributed by atoms with Crippen LogP contribution < -0.4 is 4.90 Å². The first-order valence-electron chi connectivity index (χ1n) is 5.64. The fourth-order valence-corrected chi connectivity index (χ4v) is 2.05. The molecule has 0 saturated carbocycles. The Bertz CT molecular complexity index is 385. The Labute approximate surface area is 95.1 Å². The van der Waals surface area contributed by atoms with Crippen LogP contribution in [0.1, 0.15) is 20.3 Å². The quantitative estimate of drug-likeness (QED) is 0.752. The number of carbonyl (C=O) groups is 1. The zero-order valence-electron chi connectivity index (χ0n) is 9.61. The fourth-order valence-electron chi connectivity index (χ4n) is 2.05. The second-order valence-corrected chi connectivity index (χ2v) is 4.69. The van der Waals surface area contributed by atoms with Crippen LogP contribution in [-0.2, 0) is 4.79 Å². The second kappa shape index (κ2) is 4.24. The normalized spacial score (nSPS) is 20.9. The third-order valence-corrected chi connectivity index (χ3v) is 3.24. The molecule has 16 heavy (non-hydrogen) atoms. The number of rotatable bonds is 2. The molecule has 0 radical (unpaired) electrons. The predicted octanol–water partition coefficient (Wildman–Crippen LogP) is 2.83. The van der Waals surface area contributed by atoms with Crippen LogP contribution in [0.15, 0.2) is 24.3 Å². The number of benzene rings is 1. The number of anilines is 1. The van der Waals surface area contributed by atoms with Gasteiger partial charge in [-0.25, -0.2) is 4.39 Å². The average molecular weight is 221 g/mol. The molecule has 2 rings (SSSR count). The van der Waals surface area contributed by atoms with Gasteiger partial charge in [0.2, 0.25) is 5.91 Å². The van der Waals surface area contributed by atoms with E-state index in [2.05, 4.69) is 13.8 Å². The first-order valence-corrected chi connectivity index (χ1v) is 5.64. The van der Waals surface area contributed by atoms with Crippen LogP contribution in [0, 0.1) is 17.7 Å². The molecule has 1 saturated heterocycles. The van der Waals surface area contributed by atoms with E-state index < -0.39 is 0 Å². The van der Waals surface area contributed by atoms with Crippen molar-refractivity contribution >= 4 is 11.6 Å². The fraction of sp³-hybridized carbons (Fsp3) is 0.462. The SMILES string of the molecule is CC(C)C1CC(=O)N(c2ccc(F)cc2)C1. The molecule has 1 amide bonds. The molecule has 3 heteroatoms. The maximum Gasteiger partial charge on any atom is 0.227 e. The van der Waals surface area contributed by atoms with E-state index in [1.807, 2.05) is 0 Å². The van der Waals surface area contributed by atoms with Gasteiger partial charge < -0.3 is 4.90 Å². The maximum atomic E-state index is 12.8. The number of carbonyl (C=O) groups excluding carboxylic acids is 1. The summed E-state index contributed by atoms with van der Waals surface area (Å²) in [5.74, 6) is 0.799. The lowest BCUT2D eigenvalue weighted by Gasteiger charge is -2.18. The Morgan fingerprint density at radius 1 is 1.31 bits per heavy atom. The summed E-state index contributed by atoms with van der Waals surface area (Å²) >= 11 is 0. The largest absolute Gasteiger partial charge is 0.312 e. The van der Waals surface area contributed by atoms with Gasteiger partial charge in [-0.1, -0.05) is 13.8 Å². The molecule has 0 aliphatic carbocycles. The summed E-state index contributed by atoms with van der Waals surface area (Å²) in [5, 5.41) is 0. The monoisotopic (exact) mass is 221 g/mol. The number of amides is 1. The van der Waals surface area contributed by atoms with Gasteiger partial charge in [-0.3, -0.25) is 4.79 Å². The summed E-state index contributed by atoms with van der Waals surface area (Å²) < 4.78 is 12.8. The highest BCUT2D eigenvalue weighted by Gasteiger charge is 2.32. The van der Waals surface area contributed by atoms with Gasteiger partial charge in [0.15, 0.2) is 0 Å². The minimum atomic E-state index is -0.268. The molecule has 1 unspecified atom stereocenters. The summed E-state index contributed by atoms with van der Waals surface area (Å²) in [6, 6.07) is 6.11. The van der Waals surface area contributed by atoms with Crippen LogP contribution in [0.4, 0.5) is 10.1 Å². The number of hydrogen-bond acceptors (Lipinski definition) is 1. The maximum absolute atomic E-state index is 12.8. The zero-order valence-corrected chi connectivity index (χ0v) is 9.61. The van der Waals surface area contributed by atoms with Crippen molar-refractivity contribution in [2.24, 2.45) is 11.8 Å². The van der Waals surface area contributed by atoms with E-state index in [1.165, 1.54) is 12.1 Å². The van der Waals surface area contributed by atoms with Crippen molar-refractivity contribution in [3.63, 3.8) is 0 Å². The van der Waals surface area contributed by atoms with Crippen molar-refractivity contribution in [3.05, 3.63) is 30.1 Å². The molecular weight excluding hydrogens is 205 g/mol. The molecule has 86 valence electrons. The van der Waals surface area contributed by atoms with Crippen molar-refractivity contribution < 1.29 is 9.18 Å². The van der Waals surface area contributed by atoms with E-state index in [4.69, 9.17) is 0 Å². The molecule has 2 nitrogen and oxygen atoms in total. The number of halogens is 1. The first kappa shape index (κ1) is 11.1. The van der Waals surface area contributed by atoms with Crippen LogP contribution in [-0.4, -0.2) is 12.5 Å².